The molecule has 0 fully saturated rings. The number of carbonyl (C=O) groups is 1. The van der Waals surface area contributed by atoms with Crippen LogP contribution < -0.4 is 0 Å². The maximum absolute atomic E-state index is 11.6. The molecule has 0 saturated heterocycles. The van der Waals surface area contributed by atoms with E-state index >= 15 is 0 Å². The van der Waals surface area contributed by atoms with Gasteiger partial charge in [0.05, 0.1) is 13.2 Å². The van der Waals surface area contributed by atoms with Crippen molar-refractivity contribution in [3.63, 3.8) is 0 Å². The first-order valence-electron chi connectivity index (χ1n) is 6.12. The van der Waals surface area contributed by atoms with E-state index in [0.29, 0.717) is 5.76 Å². The molecule has 1 rings (SSSR count). The van der Waals surface area contributed by atoms with E-state index in [0.717, 1.165) is 5.56 Å². The number of hydrogen-bond acceptors (Lipinski definition) is 3. The van der Waals surface area contributed by atoms with E-state index in [9.17, 15) is 4.79 Å². The molecular formula is C16H20O3. The van der Waals surface area contributed by atoms with Crippen LogP contribution in [0.1, 0.15) is 26.3 Å². The zero-order chi connectivity index (χ0) is 14.3. The summed E-state index contributed by atoms with van der Waals surface area (Å²) in [6.07, 6.45) is 4.95. The van der Waals surface area contributed by atoms with Gasteiger partial charge in [-0.25, -0.2) is 4.79 Å². The molecule has 0 spiro atoms. The van der Waals surface area contributed by atoms with Gasteiger partial charge in [0, 0.05) is 0 Å². The molecule has 3 heteroatoms. The molecule has 3 nitrogen and oxygen atoms in total. The number of esters is 1. The lowest BCUT2D eigenvalue weighted by Gasteiger charge is -2.18. The number of ether oxygens (including phenoxy) is 2. The Bertz CT molecular complexity index is 465. The maximum Gasteiger partial charge on any atom is 0.335 e. The quantitative estimate of drug-likeness (QED) is 0.359. The first-order valence-corrected chi connectivity index (χ1v) is 6.12. The summed E-state index contributed by atoms with van der Waals surface area (Å²) in [5.74, 6) is 0.0418. The van der Waals surface area contributed by atoms with Gasteiger partial charge in [-0.05, 0) is 32.4 Å². The van der Waals surface area contributed by atoms with E-state index in [2.05, 4.69) is 0 Å². The summed E-state index contributed by atoms with van der Waals surface area (Å²) in [4.78, 5) is 11.6. The predicted octanol–water partition coefficient (Wildman–Crippen LogP) is 3.57. The van der Waals surface area contributed by atoms with Crippen LogP contribution in [0.25, 0.3) is 6.08 Å². The van der Waals surface area contributed by atoms with E-state index in [1.807, 2.05) is 57.2 Å². The van der Waals surface area contributed by atoms with Crippen molar-refractivity contribution in [3.8, 4) is 0 Å². The van der Waals surface area contributed by atoms with Crippen molar-refractivity contribution in [3.05, 3.63) is 53.8 Å². The van der Waals surface area contributed by atoms with Crippen molar-refractivity contribution in [1.29, 1.82) is 0 Å². The molecule has 0 radical (unpaired) electrons. The van der Waals surface area contributed by atoms with Crippen LogP contribution in [0.2, 0.25) is 0 Å². The fourth-order valence-corrected chi connectivity index (χ4v) is 1.36. The SMILES string of the molecule is COC(/C=C/c1ccccc1)=C/C(=O)OC(C)(C)C. The van der Waals surface area contributed by atoms with Gasteiger partial charge in [-0.1, -0.05) is 36.4 Å². The standard InChI is InChI=1S/C16H20O3/c1-16(2,3)19-15(17)12-14(18-4)11-10-13-8-6-5-7-9-13/h5-12H,1-4H3/b11-10+,14-12+. The van der Waals surface area contributed by atoms with Crippen LogP contribution in [-0.4, -0.2) is 18.7 Å². The van der Waals surface area contributed by atoms with Crippen molar-refractivity contribution in [2.75, 3.05) is 7.11 Å². The van der Waals surface area contributed by atoms with Gasteiger partial charge in [-0.2, -0.15) is 0 Å². The second-order valence-corrected chi connectivity index (χ2v) is 5.03. The van der Waals surface area contributed by atoms with Gasteiger partial charge < -0.3 is 9.47 Å². The lowest BCUT2D eigenvalue weighted by Crippen LogP contribution is -2.22. The Morgan fingerprint density at radius 3 is 2.32 bits per heavy atom. The summed E-state index contributed by atoms with van der Waals surface area (Å²) in [5, 5.41) is 0. The van der Waals surface area contributed by atoms with Gasteiger partial charge in [-0.15, -0.1) is 0 Å². The van der Waals surface area contributed by atoms with Crippen LogP contribution in [0.4, 0.5) is 0 Å². The molecule has 0 unspecified atom stereocenters. The number of rotatable bonds is 4. The number of methoxy groups -OCH3 is 1. The van der Waals surface area contributed by atoms with Gasteiger partial charge in [-0.3, -0.25) is 0 Å². The summed E-state index contributed by atoms with van der Waals surface area (Å²) in [7, 11) is 1.52. The maximum atomic E-state index is 11.6. The monoisotopic (exact) mass is 260 g/mol. The Kier molecular flexibility index (Phi) is 5.37. The van der Waals surface area contributed by atoms with E-state index in [4.69, 9.17) is 9.47 Å². The molecule has 0 atom stereocenters. The normalized spacial score (nSPS) is 12.5. The van der Waals surface area contributed by atoms with Crippen molar-refractivity contribution >= 4 is 12.0 Å². The van der Waals surface area contributed by atoms with Crippen LogP contribution in [0.15, 0.2) is 48.2 Å². The van der Waals surface area contributed by atoms with E-state index in [1.54, 1.807) is 6.08 Å². The Morgan fingerprint density at radius 1 is 1.16 bits per heavy atom. The van der Waals surface area contributed by atoms with Gasteiger partial charge in [0.25, 0.3) is 0 Å². The molecule has 0 aliphatic heterocycles. The highest BCUT2D eigenvalue weighted by Crippen LogP contribution is 2.10. The van der Waals surface area contributed by atoms with Crippen molar-refractivity contribution in [2.24, 2.45) is 0 Å². The second kappa shape index (κ2) is 6.78. The minimum absolute atomic E-state index is 0.415. The molecule has 0 bridgehead atoms. The first kappa shape index (κ1) is 15.0. The van der Waals surface area contributed by atoms with E-state index in [-0.39, 0.29) is 0 Å². The highest BCUT2D eigenvalue weighted by molar-refractivity contribution is 5.83. The molecule has 0 heterocycles. The van der Waals surface area contributed by atoms with Gasteiger partial charge in [0.15, 0.2) is 0 Å². The average Bonchev–Trinajstić information content (AvgIpc) is 2.33. The second-order valence-electron chi connectivity index (χ2n) is 5.03. The third-order valence-corrected chi connectivity index (χ3v) is 2.14. The molecule has 19 heavy (non-hydrogen) atoms. The Morgan fingerprint density at radius 2 is 1.79 bits per heavy atom. The van der Waals surface area contributed by atoms with Crippen LogP contribution in [0.5, 0.6) is 0 Å². The molecule has 0 saturated carbocycles. The van der Waals surface area contributed by atoms with Gasteiger partial charge in [0.1, 0.15) is 11.4 Å². The minimum atomic E-state index is -0.504. The summed E-state index contributed by atoms with van der Waals surface area (Å²) in [5.41, 5.74) is 0.532. The molecule has 1 aromatic rings. The molecule has 1 aromatic carbocycles. The molecule has 0 amide bonds. The van der Waals surface area contributed by atoms with Crippen molar-refractivity contribution in [2.45, 2.75) is 26.4 Å². The van der Waals surface area contributed by atoms with Crippen LogP contribution in [0.3, 0.4) is 0 Å². The molecular weight excluding hydrogens is 240 g/mol. The predicted molar refractivity (Wildman–Crippen MR) is 76.4 cm³/mol. The lowest BCUT2D eigenvalue weighted by atomic mass is 10.2. The van der Waals surface area contributed by atoms with Crippen LogP contribution in [0, 0.1) is 0 Å². The highest BCUT2D eigenvalue weighted by Gasteiger charge is 2.14. The third-order valence-electron chi connectivity index (χ3n) is 2.14. The molecule has 0 aromatic heterocycles. The lowest BCUT2D eigenvalue weighted by molar-refractivity contribution is -0.148. The average molecular weight is 260 g/mol. The molecule has 0 aliphatic rings. The number of allylic oxidation sites excluding steroid dienone is 1. The number of benzene rings is 1. The molecule has 0 aliphatic carbocycles. The fraction of sp³-hybridized carbons (Fsp3) is 0.312. The topological polar surface area (TPSA) is 35.5 Å². The highest BCUT2D eigenvalue weighted by atomic mass is 16.6. The third kappa shape index (κ3) is 6.46. The molecule has 102 valence electrons. The summed E-state index contributed by atoms with van der Waals surface area (Å²) < 4.78 is 10.3. The summed E-state index contributed by atoms with van der Waals surface area (Å²) in [6.45, 7) is 5.47. The minimum Gasteiger partial charge on any atom is -0.496 e. The van der Waals surface area contributed by atoms with Gasteiger partial charge in [0.2, 0.25) is 0 Å². The smallest absolute Gasteiger partial charge is 0.335 e. The first-order chi connectivity index (χ1) is 8.90. The van der Waals surface area contributed by atoms with E-state index in [1.165, 1.54) is 13.2 Å². The van der Waals surface area contributed by atoms with Gasteiger partial charge >= 0.3 is 5.97 Å². The van der Waals surface area contributed by atoms with Crippen LogP contribution in [-0.2, 0) is 14.3 Å². The van der Waals surface area contributed by atoms with E-state index < -0.39 is 11.6 Å². The van der Waals surface area contributed by atoms with Crippen molar-refractivity contribution < 1.29 is 14.3 Å². The zero-order valence-electron chi connectivity index (χ0n) is 11.8. The summed E-state index contributed by atoms with van der Waals surface area (Å²) in [6, 6.07) is 9.78. The number of hydrogen-bond donors (Lipinski definition) is 0. The van der Waals surface area contributed by atoms with Crippen molar-refractivity contribution in [1.82, 2.24) is 0 Å². The summed E-state index contributed by atoms with van der Waals surface area (Å²) >= 11 is 0. The largest absolute Gasteiger partial charge is 0.496 e. The zero-order valence-corrected chi connectivity index (χ0v) is 11.8. The fourth-order valence-electron chi connectivity index (χ4n) is 1.36. The Labute approximate surface area is 114 Å². The van der Waals surface area contributed by atoms with Crippen LogP contribution >= 0.6 is 0 Å². The number of carbonyl (C=O) groups excluding carboxylic acids is 1. The Hall–Kier alpha value is -2.03. The molecule has 0 N–H and O–H groups in total. The Balaban J connectivity index is 2.73.